The average molecular weight is 194 g/mol. The van der Waals surface area contributed by atoms with E-state index < -0.39 is 0 Å². The van der Waals surface area contributed by atoms with Crippen LogP contribution in [0.5, 0.6) is 0 Å². The molecule has 0 radical (unpaired) electrons. The van der Waals surface area contributed by atoms with E-state index in [0.717, 1.165) is 0 Å². The SMILES string of the molecule is CCOC(=O)CC[n+]1ccc(C)cc1. The Bertz CT molecular complexity index is 293. The first-order valence-electron chi connectivity index (χ1n) is 4.83. The van der Waals surface area contributed by atoms with Crippen LogP contribution in [0.15, 0.2) is 24.5 Å². The summed E-state index contributed by atoms with van der Waals surface area (Å²) in [6.07, 6.45) is 4.37. The molecule has 0 unspecified atom stereocenters. The van der Waals surface area contributed by atoms with Gasteiger partial charge < -0.3 is 4.74 Å². The maximum Gasteiger partial charge on any atom is 0.312 e. The zero-order valence-electron chi connectivity index (χ0n) is 8.69. The summed E-state index contributed by atoms with van der Waals surface area (Å²) in [5.41, 5.74) is 1.22. The molecule has 1 heterocycles. The van der Waals surface area contributed by atoms with Gasteiger partial charge in [-0.25, -0.2) is 4.57 Å². The number of pyridine rings is 1. The molecule has 0 fully saturated rings. The fourth-order valence-electron chi connectivity index (χ4n) is 1.13. The van der Waals surface area contributed by atoms with Crippen molar-refractivity contribution in [1.29, 1.82) is 0 Å². The lowest BCUT2D eigenvalue weighted by Gasteiger charge is -1.99. The van der Waals surface area contributed by atoms with Crippen LogP contribution in [0, 0.1) is 6.92 Å². The fourth-order valence-corrected chi connectivity index (χ4v) is 1.13. The number of ether oxygens (including phenoxy) is 1. The third-order valence-electron chi connectivity index (χ3n) is 1.94. The highest BCUT2D eigenvalue weighted by molar-refractivity contribution is 5.68. The normalized spacial score (nSPS) is 9.86. The number of rotatable bonds is 4. The van der Waals surface area contributed by atoms with Crippen molar-refractivity contribution in [3.05, 3.63) is 30.1 Å². The van der Waals surface area contributed by atoms with Crippen molar-refractivity contribution in [1.82, 2.24) is 0 Å². The van der Waals surface area contributed by atoms with Gasteiger partial charge in [0, 0.05) is 12.1 Å². The Balaban J connectivity index is 2.38. The third-order valence-corrected chi connectivity index (χ3v) is 1.94. The lowest BCUT2D eigenvalue weighted by Crippen LogP contribution is -2.34. The van der Waals surface area contributed by atoms with E-state index in [2.05, 4.69) is 0 Å². The molecule has 1 aromatic rings. The van der Waals surface area contributed by atoms with Gasteiger partial charge in [-0.3, -0.25) is 4.79 Å². The first-order valence-corrected chi connectivity index (χ1v) is 4.83. The molecule has 3 heteroatoms. The minimum absolute atomic E-state index is 0.138. The van der Waals surface area contributed by atoms with E-state index in [0.29, 0.717) is 19.6 Å². The van der Waals surface area contributed by atoms with Gasteiger partial charge in [0.25, 0.3) is 0 Å². The number of nitrogens with zero attached hydrogens (tertiary/aromatic N) is 1. The zero-order chi connectivity index (χ0) is 10.4. The van der Waals surface area contributed by atoms with Crippen LogP contribution in [-0.4, -0.2) is 12.6 Å². The van der Waals surface area contributed by atoms with Gasteiger partial charge in [-0.2, -0.15) is 0 Å². The second-order valence-electron chi connectivity index (χ2n) is 3.17. The van der Waals surface area contributed by atoms with Crippen molar-refractivity contribution < 1.29 is 14.1 Å². The minimum Gasteiger partial charge on any atom is -0.466 e. The molecule has 76 valence electrons. The number of carbonyl (C=O) groups excluding carboxylic acids is 1. The molecule has 0 bridgehead atoms. The standard InChI is InChI=1S/C11H16NO2/c1-3-14-11(13)6-9-12-7-4-10(2)5-8-12/h4-5,7-8H,3,6,9H2,1-2H3/q+1. The minimum atomic E-state index is -0.138. The van der Waals surface area contributed by atoms with E-state index >= 15 is 0 Å². The van der Waals surface area contributed by atoms with Crippen LogP contribution in [0.2, 0.25) is 0 Å². The predicted octanol–water partition coefficient (Wildman–Crippen LogP) is 1.24. The van der Waals surface area contributed by atoms with E-state index in [1.807, 2.05) is 42.9 Å². The highest BCUT2D eigenvalue weighted by Gasteiger charge is 2.06. The fraction of sp³-hybridized carbons (Fsp3) is 0.455. The quantitative estimate of drug-likeness (QED) is 0.533. The number of aryl methyl sites for hydroxylation is 2. The van der Waals surface area contributed by atoms with Gasteiger partial charge in [0.2, 0.25) is 0 Å². The summed E-state index contributed by atoms with van der Waals surface area (Å²) < 4.78 is 6.81. The van der Waals surface area contributed by atoms with Crippen molar-refractivity contribution in [3.8, 4) is 0 Å². The Labute approximate surface area is 84.3 Å². The molecule has 0 N–H and O–H groups in total. The Morgan fingerprint density at radius 2 is 2.07 bits per heavy atom. The van der Waals surface area contributed by atoms with Gasteiger partial charge in [-0.1, -0.05) is 0 Å². The molecule has 3 nitrogen and oxygen atoms in total. The Morgan fingerprint density at radius 1 is 1.43 bits per heavy atom. The van der Waals surface area contributed by atoms with Crippen molar-refractivity contribution >= 4 is 5.97 Å². The average Bonchev–Trinajstić information content (AvgIpc) is 2.17. The van der Waals surface area contributed by atoms with Crippen LogP contribution in [0.1, 0.15) is 18.9 Å². The van der Waals surface area contributed by atoms with E-state index in [4.69, 9.17) is 4.74 Å². The van der Waals surface area contributed by atoms with Crippen LogP contribution < -0.4 is 4.57 Å². The van der Waals surface area contributed by atoms with Crippen molar-refractivity contribution in [3.63, 3.8) is 0 Å². The lowest BCUT2D eigenvalue weighted by molar-refractivity contribution is -0.696. The zero-order valence-corrected chi connectivity index (χ0v) is 8.69. The van der Waals surface area contributed by atoms with Gasteiger partial charge in [0.1, 0.15) is 6.42 Å². The molecule has 0 aliphatic carbocycles. The van der Waals surface area contributed by atoms with Crippen molar-refractivity contribution in [2.75, 3.05) is 6.61 Å². The molecule has 1 aromatic heterocycles. The molecule has 0 aliphatic rings. The largest absolute Gasteiger partial charge is 0.466 e. The van der Waals surface area contributed by atoms with Crippen LogP contribution in [0.4, 0.5) is 0 Å². The van der Waals surface area contributed by atoms with Gasteiger partial charge in [0.05, 0.1) is 6.61 Å². The van der Waals surface area contributed by atoms with Gasteiger partial charge in [-0.05, 0) is 19.4 Å². The smallest absolute Gasteiger partial charge is 0.312 e. The summed E-state index contributed by atoms with van der Waals surface area (Å²) in [6, 6.07) is 4.04. The Hall–Kier alpha value is -1.38. The van der Waals surface area contributed by atoms with Crippen molar-refractivity contribution in [2.24, 2.45) is 0 Å². The van der Waals surface area contributed by atoms with Gasteiger partial charge in [0.15, 0.2) is 18.9 Å². The number of hydrogen-bond acceptors (Lipinski definition) is 2. The number of aromatic nitrogens is 1. The molecule has 0 atom stereocenters. The predicted molar refractivity (Wildman–Crippen MR) is 52.6 cm³/mol. The molecule has 0 spiro atoms. The highest BCUT2D eigenvalue weighted by Crippen LogP contribution is 1.91. The second-order valence-corrected chi connectivity index (χ2v) is 3.17. The second kappa shape index (κ2) is 5.37. The summed E-state index contributed by atoms with van der Waals surface area (Å²) in [4.78, 5) is 11.0. The van der Waals surface area contributed by atoms with Crippen molar-refractivity contribution in [2.45, 2.75) is 26.8 Å². The molecule has 0 saturated carbocycles. The maximum absolute atomic E-state index is 11.0. The molecule has 0 aromatic carbocycles. The van der Waals surface area contributed by atoms with E-state index in [9.17, 15) is 4.79 Å². The first-order chi connectivity index (χ1) is 6.72. The van der Waals surface area contributed by atoms with Gasteiger partial charge in [-0.15, -0.1) is 0 Å². The van der Waals surface area contributed by atoms with Crippen LogP contribution in [0.3, 0.4) is 0 Å². The lowest BCUT2D eigenvalue weighted by atomic mass is 10.3. The van der Waals surface area contributed by atoms with Crippen LogP contribution >= 0.6 is 0 Å². The van der Waals surface area contributed by atoms with E-state index in [1.54, 1.807) is 0 Å². The molecule has 0 amide bonds. The van der Waals surface area contributed by atoms with E-state index in [-0.39, 0.29) is 5.97 Å². The molecule has 0 aliphatic heterocycles. The van der Waals surface area contributed by atoms with Crippen LogP contribution in [0.25, 0.3) is 0 Å². The van der Waals surface area contributed by atoms with Gasteiger partial charge >= 0.3 is 5.97 Å². The molecule has 1 rings (SSSR count). The summed E-state index contributed by atoms with van der Waals surface area (Å²) in [7, 11) is 0. The maximum atomic E-state index is 11.0. The summed E-state index contributed by atoms with van der Waals surface area (Å²) in [5, 5.41) is 0. The molecular weight excluding hydrogens is 178 g/mol. The number of carbonyl (C=O) groups is 1. The monoisotopic (exact) mass is 194 g/mol. The topological polar surface area (TPSA) is 30.2 Å². The highest BCUT2D eigenvalue weighted by atomic mass is 16.5. The number of hydrogen-bond donors (Lipinski definition) is 0. The first kappa shape index (κ1) is 10.7. The number of esters is 1. The van der Waals surface area contributed by atoms with E-state index in [1.165, 1.54) is 5.56 Å². The molecule has 0 saturated heterocycles. The van der Waals surface area contributed by atoms with Crippen LogP contribution in [-0.2, 0) is 16.1 Å². The summed E-state index contributed by atoms with van der Waals surface area (Å²) >= 11 is 0. The Kier molecular flexibility index (Phi) is 4.11. The summed E-state index contributed by atoms with van der Waals surface area (Å²) in [6.45, 7) is 4.99. The molecule has 14 heavy (non-hydrogen) atoms. The Morgan fingerprint density at radius 3 is 2.64 bits per heavy atom. The summed E-state index contributed by atoms with van der Waals surface area (Å²) in [5.74, 6) is -0.138. The third kappa shape index (κ3) is 3.56. The molecular formula is C11H16NO2+.